The Morgan fingerprint density at radius 1 is 1.00 bits per heavy atom. The highest BCUT2D eigenvalue weighted by Gasteiger charge is 1.91. The van der Waals surface area contributed by atoms with E-state index in [-0.39, 0.29) is 0 Å². The Balaban J connectivity index is 2.91. The second-order valence-electron chi connectivity index (χ2n) is 2.26. The minimum atomic E-state index is -2.15. The lowest BCUT2D eigenvalue weighted by Crippen LogP contribution is -1.97. The molecule has 0 radical (unpaired) electrons. The summed E-state index contributed by atoms with van der Waals surface area (Å²) in [5.41, 5.74) is 5.25. The lowest BCUT2D eigenvalue weighted by Gasteiger charge is -1.93. The molecule has 0 spiro atoms. The van der Waals surface area contributed by atoms with Crippen LogP contribution in [-0.2, 0) is 9.13 Å². The fourth-order valence-corrected chi connectivity index (χ4v) is 1.22. The predicted molar refractivity (Wildman–Crippen MR) is 40.7 cm³/mol. The van der Waals surface area contributed by atoms with Crippen LogP contribution in [0.5, 0.6) is 0 Å². The molecule has 0 atom stereocenters. The molecule has 0 aliphatic carbocycles. The van der Waals surface area contributed by atoms with Crippen LogP contribution in [0, 0.1) is 0 Å². The summed E-state index contributed by atoms with van der Waals surface area (Å²) in [4.78, 5) is 0. The molecule has 4 heteroatoms. The Morgan fingerprint density at radius 3 is 2.10 bits per heavy atom. The summed E-state index contributed by atoms with van der Waals surface area (Å²) in [5.74, 6) is 0. The maximum Gasteiger partial charge on any atom is 0.315 e. The normalized spacial score (nSPS) is 9.70. The molecule has 10 heavy (non-hydrogen) atoms. The van der Waals surface area contributed by atoms with Crippen LogP contribution in [0.3, 0.4) is 0 Å². The van der Waals surface area contributed by atoms with Crippen molar-refractivity contribution in [1.29, 1.82) is 0 Å². The predicted octanol–water partition coefficient (Wildman–Crippen LogP) is 1.68. The van der Waals surface area contributed by atoms with E-state index < -0.39 is 7.68 Å². The summed E-state index contributed by atoms with van der Waals surface area (Å²) in [6.45, 7) is 0.712. The van der Waals surface area contributed by atoms with Gasteiger partial charge in [-0.15, -0.1) is 0 Å². The third-order valence-corrected chi connectivity index (χ3v) is 1.98. The van der Waals surface area contributed by atoms with Crippen molar-refractivity contribution in [2.75, 3.05) is 12.7 Å². The van der Waals surface area contributed by atoms with Crippen LogP contribution in [-0.4, -0.2) is 12.7 Å². The molecule has 0 aliphatic rings. The Bertz CT molecular complexity index is 126. The van der Waals surface area contributed by atoms with Gasteiger partial charge >= 0.3 is 7.68 Å². The molecule has 0 amide bonds. The van der Waals surface area contributed by atoms with Crippen LogP contribution in [0.25, 0.3) is 0 Å². The molecular formula is C6H14NO2P. The second-order valence-corrected chi connectivity index (χ2v) is 3.37. The van der Waals surface area contributed by atoms with Crippen LogP contribution >= 0.6 is 7.68 Å². The van der Waals surface area contributed by atoms with Crippen molar-refractivity contribution in [3.63, 3.8) is 0 Å². The molecule has 60 valence electrons. The first-order valence-electron chi connectivity index (χ1n) is 3.59. The molecule has 0 aromatic carbocycles. The van der Waals surface area contributed by atoms with Crippen molar-refractivity contribution in [3.05, 3.63) is 0 Å². The number of hydrogen-bond donors (Lipinski definition) is 1. The highest BCUT2D eigenvalue weighted by Crippen LogP contribution is 2.08. The number of rotatable bonds is 6. The van der Waals surface area contributed by atoms with Gasteiger partial charge in [0.1, 0.15) is 0 Å². The smallest absolute Gasteiger partial charge is 0.315 e. The largest absolute Gasteiger partial charge is 0.330 e. The molecule has 0 rings (SSSR count). The van der Waals surface area contributed by atoms with Crippen molar-refractivity contribution in [2.24, 2.45) is 5.73 Å². The quantitative estimate of drug-likeness (QED) is 0.478. The molecule has 0 bridgehead atoms. The summed E-state index contributed by atoms with van der Waals surface area (Å²) in [7, 11) is -2.15. The van der Waals surface area contributed by atoms with Gasteiger partial charge in [0.25, 0.3) is 0 Å². The maximum absolute atomic E-state index is 10.0. The zero-order chi connectivity index (χ0) is 7.82. The van der Waals surface area contributed by atoms with E-state index in [1.807, 2.05) is 0 Å². The van der Waals surface area contributed by atoms with Crippen molar-refractivity contribution >= 4 is 7.68 Å². The lowest BCUT2D eigenvalue weighted by molar-refractivity contribution is 0.512. The topological polar surface area (TPSA) is 60.2 Å². The van der Waals surface area contributed by atoms with E-state index in [0.717, 1.165) is 25.7 Å². The van der Waals surface area contributed by atoms with Crippen molar-refractivity contribution < 1.29 is 9.13 Å². The molecule has 0 saturated heterocycles. The molecule has 0 aliphatic heterocycles. The average Bonchev–Trinajstić information content (AvgIpc) is 1.87. The van der Waals surface area contributed by atoms with Gasteiger partial charge in [0.05, 0.1) is 6.16 Å². The molecule has 0 aromatic rings. The maximum atomic E-state index is 10.0. The Hall–Kier alpha value is -0.140. The van der Waals surface area contributed by atoms with E-state index in [9.17, 15) is 9.13 Å². The summed E-state index contributed by atoms with van der Waals surface area (Å²) in [5, 5.41) is 0. The van der Waals surface area contributed by atoms with Crippen LogP contribution in [0.2, 0.25) is 0 Å². The third kappa shape index (κ3) is 7.86. The van der Waals surface area contributed by atoms with E-state index in [2.05, 4.69) is 0 Å². The minimum Gasteiger partial charge on any atom is -0.330 e. The monoisotopic (exact) mass is 163 g/mol. The first-order chi connectivity index (χ1) is 4.77. The highest BCUT2D eigenvalue weighted by atomic mass is 31.1. The standard InChI is InChI=1S/C6H14NO2P/c7-5-3-1-2-4-6-10(8)9/h1-7H2. The van der Waals surface area contributed by atoms with Gasteiger partial charge in [-0.25, -0.2) is 9.13 Å². The van der Waals surface area contributed by atoms with E-state index in [4.69, 9.17) is 5.73 Å². The zero-order valence-corrected chi connectivity index (χ0v) is 6.98. The zero-order valence-electron chi connectivity index (χ0n) is 6.08. The molecule has 2 N–H and O–H groups in total. The fraction of sp³-hybridized carbons (Fsp3) is 1.00. The first-order valence-corrected chi connectivity index (χ1v) is 4.95. The van der Waals surface area contributed by atoms with Gasteiger partial charge < -0.3 is 5.73 Å². The lowest BCUT2D eigenvalue weighted by atomic mass is 10.2. The molecular weight excluding hydrogens is 149 g/mol. The van der Waals surface area contributed by atoms with Gasteiger partial charge in [-0.2, -0.15) is 0 Å². The molecule has 0 fully saturated rings. The molecule has 0 unspecified atom stereocenters. The van der Waals surface area contributed by atoms with Gasteiger partial charge in [0.2, 0.25) is 0 Å². The minimum absolute atomic E-state index is 0.333. The average molecular weight is 163 g/mol. The van der Waals surface area contributed by atoms with E-state index in [1.165, 1.54) is 0 Å². The van der Waals surface area contributed by atoms with Crippen LogP contribution in [0.1, 0.15) is 25.7 Å². The molecule has 0 saturated carbocycles. The molecule has 0 heterocycles. The van der Waals surface area contributed by atoms with E-state index in [1.54, 1.807) is 0 Å². The number of nitrogens with two attached hydrogens (primary N) is 1. The Kier molecular flexibility index (Phi) is 6.88. The summed E-state index contributed by atoms with van der Waals surface area (Å²) < 4.78 is 20.1. The fourth-order valence-electron chi connectivity index (χ4n) is 0.739. The molecule has 3 nitrogen and oxygen atoms in total. The number of hydrogen-bond acceptors (Lipinski definition) is 3. The summed E-state index contributed by atoms with van der Waals surface area (Å²) in [6.07, 6.45) is 4.18. The van der Waals surface area contributed by atoms with E-state index >= 15 is 0 Å². The third-order valence-electron chi connectivity index (χ3n) is 1.29. The van der Waals surface area contributed by atoms with Gasteiger partial charge in [-0.05, 0) is 19.4 Å². The van der Waals surface area contributed by atoms with Gasteiger partial charge in [-0.1, -0.05) is 12.8 Å². The van der Waals surface area contributed by atoms with Gasteiger partial charge in [-0.3, -0.25) is 0 Å². The van der Waals surface area contributed by atoms with Gasteiger partial charge in [0, 0.05) is 0 Å². The SMILES string of the molecule is NCCCCCCP(=O)=O. The van der Waals surface area contributed by atoms with Gasteiger partial charge in [0.15, 0.2) is 0 Å². The Labute approximate surface area is 61.8 Å². The number of unbranched alkanes of at least 4 members (excludes halogenated alkanes) is 3. The summed E-state index contributed by atoms with van der Waals surface area (Å²) in [6, 6.07) is 0. The van der Waals surface area contributed by atoms with Crippen LogP contribution in [0.4, 0.5) is 0 Å². The van der Waals surface area contributed by atoms with Crippen LogP contribution in [0.15, 0.2) is 0 Å². The highest BCUT2D eigenvalue weighted by molar-refractivity contribution is 7.30. The van der Waals surface area contributed by atoms with E-state index in [0.29, 0.717) is 12.7 Å². The first kappa shape index (κ1) is 9.86. The summed E-state index contributed by atoms with van der Waals surface area (Å²) >= 11 is 0. The van der Waals surface area contributed by atoms with Crippen molar-refractivity contribution in [2.45, 2.75) is 25.7 Å². The second kappa shape index (κ2) is 6.97. The Morgan fingerprint density at radius 2 is 1.60 bits per heavy atom. The van der Waals surface area contributed by atoms with Crippen LogP contribution < -0.4 is 5.73 Å². The molecule has 0 aromatic heterocycles. The van der Waals surface area contributed by atoms with Crippen molar-refractivity contribution in [3.8, 4) is 0 Å². The van der Waals surface area contributed by atoms with Crippen molar-refractivity contribution in [1.82, 2.24) is 0 Å².